The zero-order valence-electron chi connectivity index (χ0n) is 12.9. The summed E-state index contributed by atoms with van der Waals surface area (Å²) in [7, 11) is 1.66. The number of hydrogen-bond acceptors (Lipinski definition) is 2. The van der Waals surface area contributed by atoms with E-state index in [1.807, 2.05) is 32.0 Å². The van der Waals surface area contributed by atoms with Crippen LogP contribution >= 0.6 is 0 Å². The van der Waals surface area contributed by atoms with Crippen LogP contribution in [0.15, 0.2) is 36.4 Å². The molecule has 2 nitrogen and oxygen atoms in total. The second-order valence-electron chi connectivity index (χ2n) is 6.00. The second-order valence-corrected chi connectivity index (χ2v) is 6.00. The molecular formula is C19H22O2. The molecule has 0 radical (unpaired) electrons. The normalized spacial score (nSPS) is 15.8. The SMILES string of the molecule is COc1cc(C)cc(C)c1C(O)c1ccccc1C1CC1. The van der Waals surface area contributed by atoms with Crippen LogP contribution in [0.4, 0.5) is 0 Å². The molecular weight excluding hydrogens is 260 g/mol. The molecule has 2 aromatic carbocycles. The maximum atomic E-state index is 11.0. The average molecular weight is 282 g/mol. The lowest BCUT2D eigenvalue weighted by atomic mass is 9.91. The van der Waals surface area contributed by atoms with E-state index in [0.29, 0.717) is 5.92 Å². The van der Waals surface area contributed by atoms with Crippen molar-refractivity contribution in [3.05, 3.63) is 64.2 Å². The van der Waals surface area contributed by atoms with Crippen molar-refractivity contribution in [2.24, 2.45) is 0 Å². The minimum Gasteiger partial charge on any atom is -0.496 e. The molecule has 1 unspecified atom stereocenters. The van der Waals surface area contributed by atoms with E-state index in [4.69, 9.17) is 4.74 Å². The first-order chi connectivity index (χ1) is 10.1. The van der Waals surface area contributed by atoms with Gasteiger partial charge in [-0.15, -0.1) is 0 Å². The molecule has 2 heteroatoms. The van der Waals surface area contributed by atoms with Gasteiger partial charge >= 0.3 is 0 Å². The van der Waals surface area contributed by atoms with Crippen molar-refractivity contribution >= 4 is 0 Å². The highest BCUT2D eigenvalue weighted by Crippen LogP contribution is 2.45. The van der Waals surface area contributed by atoms with Crippen molar-refractivity contribution in [3.63, 3.8) is 0 Å². The predicted molar refractivity (Wildman–Crippen MR) is 84.9 cm³/mol. The van der Waals surface area contributed by atoms with Crippen LogP contribution in [0.5, 0.6) is 5.75 Å². The summed E-state index contributed by atoms with van der Waals surface area (Å²) in [5, 5.41) is 11.0. The summed E-state index contributed by atoms with van der Waals surface area (Å²) in [6, 6.07) is 12.3. The Bertz CT molecular complexity index is 657. The highest BCUT2D eigenvalue weighted by atomic mass is 16.5. The Morgan fingerprint density at radius 1 is 1.14 bits per heavy atom. The quantitative estimate of drug-likeness (QED) is 0.907. The summed E-state index contributed by atoms with van der Waals surface area (Å²) in [5.41, 5.74) is 5.41. The zero-order valence-corrected chi connectivity index (χ0v) is 12.9. The van der Waals surface area contributed by atoms with Crippen molar-refractivity contribution in [1.82, 2.24) is 0 Å². The first-order valence-electron chi connectivity index (χ1n) is 7.54. The van der Waals surface area contributed by atoms with Gasteiger partial charge in [0.25, 0.3) is 0 Å². The topological polar surface area (TPSA) is 29.5 Å². The van der Waals surface area contributed by atoms with Crippen LogP contribution in [0.25, 0.3) is 0 Å². The molecule has 2 aromatic rings. The summed E-state index contributed by atoms with van der Waals surface area (Å²) >= 11 is 0. The Morgan fingerprint density at radius 2 is 1.86 bits per heavy atom. The maximum absolute atomic E-state index is 11.0. The lowest BCUT2D eigenvalue weighted by Gasteiger charge is -2.21. The Hall–Kier alpha value is -1.80. The van der Waals surface area contributed by atoms with Crippen LogP contribution in [0.2, 0.25) is 0 Å². The van der Waals surface area contributed by atoms with Gasteiger partial charge in [-0.1, -0.05) is 30.3 Å². The molecule has 110 valence electrons. The minimum atomic E-state index is -0.627. The van der Waals surface area contributed by atoms with Crippen LogP contribution in [0.1, 0.15) is 52.7 Å². The average Bonchev–Trinajstić information content (AvgIpc) is 3.30. The van der Waals surface area contributed by atoms with E-state index in [2.05, 4.69) is 18.2 Å². The fourth-order valence-electron chi connectivity index (χ4n) is 3.14. The number of aliphatic hydroxyl groups is 1. The lowest BCUT2D eigenvalue weighted by molar-refractivity contribution is 0.212. The van der Waals surface area contributed by atoms with Gasteiger partial charge in [0.2, 0.25) is 0 Å². The fraction of sp³-hybridized carbons (Fsp3) is 0.368. The third-order valence-electron chi connectivity index (χ3n) is 4.29. The third-order valence-corrected chi connectivity index (χ3v) is 4.29. The number of aliphatic hydroxyl groups excluding tert-OH is 1. The summed E-state index contributed by atoms with van der Waals surface area (Å²) in [4.78, 5) is 0. The molecule has 1 fully saturated rings. The maximum Gasteiger partial charge on any atom is 0.125 e. The van der Waals surface area contributed by atoms with E-state index < -0.39 is 6.10 Å². The highest BCUT2D eigenvalue weighted by molar-refractivity contribution is 5.49. The molecule has 1 N–H and O–H groups in total. The van der Waals surface area contributed by atoms with Gasteiger partial charge in [-0.2, -0.15) is 0 Å². The highest BCUT2D eigenvalue weighted by Gasteiger charge is 2.29. The van der Waals surface area contributed by atoms with Crippen molar-refractivity contribution in [1.29, 1.82) is 0 Å². The molecule has 0 spiro atoms. The largest absolute Gasteiger partial charge is 0.496 e. The second kappa shape index (κ2) is 5.53. The van der Waals surface area contributed by atoms with Crippen molar-refractivity contribution in [2.75, 3.05) is 7.11 Å². The van der Waals surface area contributed by atoms with Gasteiger partial charge in [0.1, 0.15) is 11.9 Å². The molecule has 0 aromatic heterocycles. The van der Waals surface area contributed by atoms with Crippen LogP contribution in [0.3, 0.4) is 0 Å². The first kappa shape index (κ1) is 14.2. The summed E-state index contributed by atoms with van der Waals surface area (Å²) in [6.45, 7) is 4.08. The Labute approximate surface area is 126 Å². The third kappa shape index (κ3) is 2.68. The van der Waals surface area contributed by atoms with Gasteiger partial charge < -0.3 is 9.84 Å². The number of rotatable bonds is 4. The molecule has 0 saturated heterocycles. The molecule has 1 aliphatic rings. The van der Waals surface area contributed by atoms with E-state index in [1.165, 1.54) is 18.4 Å². The lowest BCUT2D eigenvalue weighted by Crippen LogP contribution is -2.07. The van der Waals surface area contributed by atoms with E-state index in [0.717, 1.165) is 28.0 Å². The number of aryl methyl sites for hydroxylation is 2. The molecule has 0 aliphatic heterocycles. The summed E-state index contributed by atoms with van der Waals surface area (Å²) in [5.74, 6) is 1.39. The molecule has 1 saturated carbocycles. The van der Waals surface area contributed by atoms with E-state index in [1.54, 1.807) is 7.11 Å². The van der Waals surface area contributed by atoms with Crippen molar-refractivity contribution in [2.45, 2.75) is 38.7 Å². The van der Waals surface area contributed by atoms with Crippen LogP contribution in [-0.4, -0.2) is 12.2 Å². The van der Waals surface area contributed by atoms with Gasteiger partial charge in [-0.05, 0) is 60.9 Å². The number of ether oxygens (including phenoxy) is 1. The molecule has 1 atom stereocenters. The smallest absolute Gasteiger partial charge is 0.125 e. The fourth-order valence-corrected chi connectivity index (χ4v) is 3.14. The number of benzene rings is 2. The van der Waals surface area contributed by atoms with Crippen LogP contribution in [0, 0.1) is 13.8 Å². The molecule has 0 amide bonds. The van der Waals surface area contributed by atoms with E-state index in [9.17, 15) is 5.11 Å². The van der Waals surface area contributed by atoms with Gasteiger partial charge in [0.05, 0.1) is 7.11 Å². The van der Waals surface area contributed by atoms with Crippen molar-refractivity contribution in [3.8, 4) is 5.75 Å². The molecule has 3 rings (SSSR count). The zero-order chi connectivity index (χ0) is 15.0. The van der Waals surface area contributed by atoms with Crippen molar-refractivity contribution < 1.29 is 9.84 Å². The van der Waals surface area contributed by atoms with E-state index >= 15 is 0 Å². The van der Waals surface area contributed by atoms with Gasteiger partial charge in [0.15, 0.2) is 0 Å². The Kier molecular flexibility index (Phi) is 3.73. The van der Waals surface area contributed by atoms with Crippen LogP contribution < -0.4 is 4.74 Å². The van der Waals surface area contributed by atoms with Crippen LogP contribution in [-0.2, 0) is 0 Å². The molecule has 0 heterocycles. The molecule has 1 aliphatic carbocycles. The van der Waals surface area contributed by atoms with E-state index in [-0.39, 0.29) is 0 Å². The minimum absolute atomic E-state index is 0.618. The van der Waals surface area contributed by atoms with Gasteiger partial charge in [0, 0.05) is 5.56 Å². The standard InChI is InChI=1S/C19H22O2/c1-12-10-13(2)18(17(11-12)21-3)19(20)16-7-5-4-6-15(16)14-8-9-14/h4-7,10-11,14,19-20H,8-9H2,1-3H3. The molecule has 0 bridgehead atoms. The summed E-state index contributed by atoms with van der Waals surface area (Å²) in [6.07, 6.45) is 1.83. The monoisotopic (exact) mass is 282 g/mol. The predicted octanol–water partition coefficient (Wildman–Crippen LogP) is 4.27. The summed E-state index contributed by atoms with van der Waals surface area (Å²) < 4.78 is 5.51. The Balaban J connectivity index is 2.09. The molecule has 21 heavy (non-hydrogen) atoms. The Morgan fingerprint density at radius 3 is 2.52 bits per heavy atom. The van der Waals surface area contributed by atoms with Gasteiger partial charge in [-0.25, -0.2) is 0 Å². The number of hydrogen-bond donors (Lipinski definition) is 1. The number of methoxy groups -OCH3 is 1. The van der Waals surface area contributed by atoms with Gasteiger partial charge in [-0.3, -0.25) is 0 Å². The first-order valence-corrected chi connectivity index (χ1v) is 7.54.